The van der Waals surface area contributed by atoms with E-state index >= 15 is 0 Å². The van der Waals surface area contributed by atoms with Crippen molar-refractivity contribution in [1.29, 1.82) is 5.26 Å². The largest absolute Gasteiger partial charge is 0.355 e. The second-order valence-corrected chi connectivity index (χ2v) is 4.76. The Kier molecular flexibility index (Phi) is 5.99. The smallest absolute Gasteiger partial charge is 0.237 e. The molecule has 4 heteroatoms. The summed E-state index contributed by atoms with van der Waals surface area (Å²) in [7, 11) is 0. The summed E-state index contributed by atoms with van der Waals surface area (Å²) in [5, 5.41) is 11.8. The van der Waals surface area contributed by atoms with Crippen LogP contribution in [0.15, 0.2) is 0 Å². The van der Waals surface area contributed by atoms with Crippen molar-refractivity contribution >= 4 is 5.91 Å². The number of unbranched alkanes of at least 4 members (excludes halogenated alkanes) is 1. The standard InChI is InChI=1S/C13H23N3O/c1-3-4-7-15-13(17)11(2)16-8-5-12(10-14)6-9-16/h11-12H,3-9H2,1-2H3,(H,15,17). The Morgan fingerprint density at radius 3 is 2.71 bits per heavy atom. The van der Waals surface area contributed by atoms with Gasteiger partial charge < -0.3 is 5.32 Å². The Bertz CT molecular complexity index is 277. The molecule has 0 radical (unpaired) electrons. The van der Waals surface area contributed by atoms with Crippen LogP contribution in [0.25, 0.3) is 0 Å². The van der Waals surface area contributed by atoms with Crippen LogP contribution in [0.3, 0.4) is 0 Å². The van der Waals surface area contributed by atoms with Gasteiger partial charge >= 0.3 is 0 Å². The maximum atomic E-state index is 11.9. The van der Waals surface area contributed by atoms with E-state index in [0.717, 1.165) is 45.3 Å². The van der Waals surface area contributed by atoms with E-state index in [1.165, 1.54) is 0 Å². The van der Waals surface area contributed by atoms with Crippen LogP contribution in [-0.4, -0.2) is 36.5 Å². The zero-order valence-electron chi connectivity index (χ0n) is 10.9. The molecule has 1 heterocycles. The fourth-order valence-electron chi connectivity index (χ4n) is 2.12. The minimum absolute atomic E-state index is 0.0634. The van der Waals surface area contributed by atoms with Crippen molar-refractivity contribution in [2.75, 3.05) is 19.6 Å². The molecule has 96 valence electrons. The predicted molar refractivity (Wildman–Crippen MR) is 67.3 cm³/mol. The second kappa shape index (κ2) is 7.29. The summed E-state index contributed by atoms with van der Waals surface area (Å²) in [5.41, 5.74) is 0. The molecule has 0 aromatic rings. The maximum Gasteiger partial charge on any atom is 0.237 e. The summed E-state index contributed by atoms with van der Waals surface area (Å²) in [6.07, 6.45) is 3.92. The molecule has 1 aliphatic heterocycles. The number of carbonyl (C=O) groups is 1. The summed E-state index contributed by atoms with van der Waals surface area (Å²) in [4.78, 5) is 14.0. The van der Waals surface area contributed by atoms with Gasteiger partial charge in [-0.1, -0.05) is 13.3 Å². The minimum atomic E-state index is -0.0634. The average molecular weight is 237 g/mol. The molecule has 0 aliphatic carbocycles. The van der Waals surface area contributed by atoms with E-state index in [9.17, 15) is 4.79 Å². The third-order valence-electron chi connectivity index (χ3n) is 3.47. The molecule has 17 heavy (non-hydrogen) atoms. The molecule has 1 N–H and O–H groups in total. The van der Waals surface area contributed by atoms with Crippen LogP contribution < -0.4 is 5.32 Å². The number of hydrogen-bond donors (Lipinski definition) is 1. The van der Waals surface area contributed by atoms with Gasteiger partial charge in [-0.25, -0.2) is 0 Å². The number of piperidine rings is 1. The van der Waals surface area contributed by atoms with Gasteiger partial charge in [0.1, 0.15) is 0 Å². The molecule has 4 nitrogen and oxygen atoms in total. The Hall–Kier alpha value is -1.08. The van der Waals surface area contributed by atoms with Crippen LogP contribution in [0.5, 0.6) is 0 Å². The number of nitrogens with zero attached hydrogens (tertiary/aromatic N) is 2. The van der Waals surface area contributed by atoms with E-state index < -0.39 is 0 Å². The van der Waals surface area contributed by atoms with Crippen LogP contribution in [0.4, 0.5) is 0 Å². The number of rotatable bonds is 5. The molecule has 0 saturated carbocycles. The lowest BCUT2D eigenvalue weighted by Crippen LogP contribution is -2.48. The van der Waals surface area contributed by atoms with Crippen LogP contribution in [0, 0.1) is 17.2 Å². The van der Waals surface area contributed by atoms with Gasteiger partial charge in [0, 0.05) is 25.6 Å². The monoisotopic (exact) mass is 237 g/mol. The number of amides is 1. The Morgan fingerprint density at radius 1 is 1.53 bits per heavy atom. The fourth-order valence-corrected chi connectivity index (χ4v) is 2.12. The van der Waals surface area contributed by atoms with Gasteiger partial charge in [-0.2, -0.15) is 5.26 Å². The van der Waals surface area contributed by atoms with Gasteiger partial charge in [-0.15, -0.1) is 0 Å². The number of hydrogen-bond acceptors (Lipinski definition) is 3. The highest BCUT2D eigenvalue weighted by Gasteiger charge is 2.26. The van der Waals surface area contributed by atoms with Crippen molar-refractivity contribution < 1.29 is 4.79 Å². The number of likely N-dealkylation sites (tertiary alicyclic amines) is 1. The normalized spacial score (nSPS) is 19.6. The molecule has 0 bridgehead atoms. The molecule has 0 spiro atoms. The Balaban J connectivity index is 2.30. The zero-order valence-corrected chi connectivity index (χ0v) is 10.9. The molecular weight excluding hydrogens is 214 g/mol. The summed E-state index contributed by atoms with van der Waals surface area (Å²) >= 11 is 0. The lowest BCUT2D eigenvalue weighted by molar-refractivity contribution is -0.126. The van der Waals surface area contributed by atoms with E-state index in [0.29, 0.717) is 0 Å². The molecular formula is C13H23N3O. The molecule has 1 atom stereocenters. The molecule has 1 fully saturated rings. The minimum Gasteiger partial charge on any atom is -0.355 e. The van der Waals surface area contributed by atoms with Gasteiger partial charge in [-0.05, 0) is 26.2 Å². The van der Waals surface area contributed by atoms with Crippen molar-refractivity contribution in [2.24, 2.45) is 5.92 Å². The third-order valence-corrected chi connectivity index (χ3v) is 3.47. The second-order valence-electron chi connectivity index (χ2n) is 4.76. The predicted octanol–water partition coefficient (Wildman–Crippen LogP) is 1.53. The first-order chi connectivity index (χ1) is 8.19. The van der Waals surface area contributed by atoms with Gasteiger partial charge in [0.2, 0.25) is 5.91 Å². The van der Waals surface area contributed by atoms with Crippen molar-refractivity contribution in [3.05, 3.63) is 0 Å². The van der Waals surface area contributed by atoms with Gasteiger partial charge in [0.25, 0.3) is 0 Å². The van der Waals surface area contributed by atoms with Crippen LogP contribution in [0.1, 0.15) is 39.5 Å². The molecule has 1 unspecified atom stereocenters. The maximum absolute atomic E-state index is 11.9. The molecule has 0 aromatic carbocycles. The number of nitrogens with one attached hydrogen (secondary N) is 1. The molecule has 0 aromatic heterocycles. The Morgan fingerprint density at radius 2 is 2.18 bits per heavy atom. The molecule has 1 amide bonds. The first-order valence-corrected chi connectivity index (χ1v) is 6.60. The fraction of sp³-hybridized carbons (Fsp3) is 0.846. The number of carbonyl (C=O) groups excluding carboxylic acids is 1. The van der Waals surface area contributed by atoms with E-state index in [-0.39, 0.29) is 17.9 Å². The first kappa shape index (κ1) is 14.0. The molecule has 1 aliphatic rings. The van der Waals surface area contributed by atoms with E-state index in [1.54, 1.807) is 0 Å². The third kappa shape index (κ3) is 4.35. The van der Waals surface area contributed by atoms with Gasteiger partial charge in [0.05, 0.1) is 12.1 Å². The van der Waals surface area contributed by atoms with E-state index in [2.05, 4.69) is 23.2 Å². The average Bonchev–Trinajstić information content (AvgIpc) is 2.38. The lowest BCUT2D eigenvalue weighted by atomic mass is 9.97. The van der Waals surface area contributed by atoms with Crippen molar-refractivity contribution in [1.82, 2.24) is 10.2 Å². The highest BCUT2D eigenvalue weighted by atomic mass is 16.2. The van der Waals surface area contributed by atoms with E-state index in [1.807, 2.05) is 6.92 Å². The van der Waals surface area contributed by atoms with Gasteiger partial charge in [-0.3, -0.25) is 9.69 Å². The highest BCUT2D eigenvalue weighted by Crippen LogP contribution is 2.17. The Labute approximate surface area is 104 Å². The highest BCUT2D eigenvalue weighted by molar-refractivity contribution is 5.81. The van der Waals surface area contributed by atoms with Crippen LogP contribution in [0.2, 0.25) is 0 Å². The SMILES string of the molecule is CCCCNC(=O)C(C)N1CCC(C#N)CC1. The van der Waals surface area contributed by atoms with Gasteiger partial charge in [0.15, 0.2) is 0 Å². The zero-order chi connectivity index (χ0) is 12.7. The number of nitriles is 1. The van der Waals surface area contributed by atoms with E-state index in [4.69, 9.17) is 5.26 Å². The first-order valence-electron chi connectivity index (χ1n) is 6.60. The molecule has 1 rings (SSSR count). The summed E-state index contributed by atoms with van der Waals surface area (Å²) in [6, 6.07) is 2.24. The quantitative estimate of drug-likeness (QED) is 0.738. The topological polar surface area (TPSA) is 56.1 Å². The van der Waals surface area contributed by atoms with Crippen LogP contribution >= 0.6 is 0 Å². The summed E-state index contributed by atoms with van der Waals surface area (Å²) < 4.78 is 0. The van der Waals surface area contributed by atoms with Crippen molar-refractivity contribution in [2.45, 2.75) is 45.6 Å². The van der Waals surface area contributed by atoms with Crippen LogP contribution in [-0.2, 0) is 4.79 Å². The van der Waals surface area contributed by atoms with Crippen molar-refractivity contribution in [3.8, 4) is 6.07 Å². The molecule has 1 saturated heterocycles. The summed E-state index contributed by atoms with van der Waals surface area (Å²) in [6.45, 7) is 6.56. The summed E-state index contributed by atoms with van der Waals surface area (Å²) in [5.74, 6) is 0.301. The van der Waals surface area contributed by atoms with Crippen molar-refractivity contribution in [3.63, 3.8) is 0 Å². The lowest BCUT2D eigenvalue weighted by Gasteiger charge is -2.33.